The van der Waals surface area contributed by atoms with E-state index in [4.69, 9.17) is 14.6 Å². The first kappa shape index (κ1) is 14.4. The van der Waals surface area contributed by atoms with Gasteiger partial charge in [0, 0.05) is 18.9 Å². The molecule has 0 bridgehead atoms. The number of carbonyl (C=O) groups is 1. The molecule has 0 fully saturated rings. The highest BCUT2D eigenvalue weighted by molar-refractivity contribution is 6.36. The minimum atomic E-state index is -1.24. The van der Waals surface area contributed by atoms with Crippen LogP contribution in [0, 0.1) is 5.82 Å². The number of aliphatic imine (C=N–C) groups is 1. The van der Waals surface area contributed by atoms with E-state index < -0.39 is 11.8 Å². The van der Waals surface area contributed by atoms with Crippen LogP contribution in [0.5, 0.6) is 0 Å². The lowest BCUT2D eigenvalue weighted by atomic mass is 10.1. The van der Waals surface area contributed by atoms with Gasteiger partial charge in [0.1, 0.15) is 11.5 Å². The zero-order valence-electron chi connectivity index (χ0n) is 10.9. The van der Waals surface area contributed by atoms with Crippen LogP contribution in [0.3, 0.4) is 0 Å². The Hall–Kier alpha value is -2.05. The lowest BCUT2D eigenvalue weighted by Crippen LogP contribution is -2.38. The van der Waals surface area contributed by atoms with Crippen molar-refractivity contribution < 1.29 is 23.8 Å². The van der Waals surface area contributed by atoms with Crippen molar-refractivity contribution in [3.63, 3.8) is 0 Å². The van der Waals surface area contributed by atoms with Gasteiger partial charge in [0.2, 0.25) is 0 Å². The Balaban J connectivity index is 2.10. The number of halogens is 1. The number of benzene rings is 1. The van der Waals surface area contributed by atoms with E-state index in [0.717, 1.165) is 0 Å². The fraction of sp³-hybridized carbons (Fsp3) is 0.286. The molecular weight excluding hydrogens is 265 g/mol. The smallest absolute Gasteiger partial charge is 0.350 e. The fourth-order valence-electron chi connectivity index (χ4n) is 1.82. The molecule has 1 N–H and O–H groups in total. The minimum absolute atomic E-state index is 0.0300. The van der Waals surface area contributed by atoms with E-state index in [1.807, 2.05) is 0 Å². The van der Waals surface area contributed by atoms with Crippen LogP contribution in [0.25, 0.3) is 0 Å². The first-order valence-electron chi connectivity index (χ1n) is 5.96. The van der Waals surface area contributed by atoms with E-state index in [2.05, 4.69) is 4.99 Å². The normalized spacial score (nSPS) is 21.6. The van der Waals surface area contributed by atoms with Crippen molar-refractivity contribution in [1.82, 2.24) is 0 Å². The van der Waals surface area contributed by atoms with Gasteiger partial charge in [-0.3, -0.25) is 4.99 Å². The molecule has 1 aromatic carbocycles. The number of hydrogen-bond donors (Lipinski definition) is 1. The molecule has 0 saturated carbocycles. The van der Waals surface area contributed by atoms with Crippen molar-refractivity contribution in [3.05, 3.63) is 47.9 Å². The SMILES string of the molecule is COC1(OCc2ccccc2F)C=CN=C(C(=O)O)C1. The molecule has 5 nitrogen and oxygen atoms in total. The quantitative estimate of drug-likeness (QED) is 0.838. The van der Waals surface area contributed by atoms with Gasteiger partial charge in [-0.2, -0.15) is 0 Å². The number of nitrogens with zero attached hydrogens (tertiary/aromatic N) is 1. The Bertz CT molecular complexity index is 570. The van der Waals surface area contributed by atoms with Crippen LogP contribution in [0.2, 0.25) is 0 Å². The van der Waals surface area contributed by atoms with Gasteiger partial charge in [-0.1, -0.05) is 18.2 Å². The summed E-state index contributed by atoms with van der Waals surface area (Å²) >= 11 is 0. The topological polar surface area (TPSA) is 68.1 Å². The largest absolute Gasteiger partial charge is 0.477 e. The second-order valence-corrected chi connectivity index (χ2v) is 4.27. The predicted molar refractivity (Wildman–Crippen MR) is 69.8 cm³/mol. The third kappa shape index (κ3) is 3.09. The standard InChI is InChI=1S/C14H14FNO4/c1-19-14(6-7-16-12(8-14)13(17)18)20-9-10-4-2-3-5-11(10)15/h2-7H,8-9H2,1H3,(H,17,18). The highest BCUT2D eigenvalue weighted by atomic mass is 19.1. The minimum Gasteiger partial charge on any atom is -0.477 e. The Morgan fingerprint density at radius 2 is 2.25 bits per heavy atom. The molecular formula is C14H14FNO4. The monoisotopic (exact) mass is 279 g/mol. The number of rotatable bonds is 5. The van der Waals surface area contributed by atoms with Crippen LogP contribution < -0.4 is 0 Å². The molecule has 1 heterocycles. The van der Waals surface area contributed by atoms with Crippen molar-refractivity contribution in [3.8, 4) is 0 Å². The molecule has 0 spiro atoms. The molecule has 0 aromatic heterocycles. The zero-order chi connectivity index (χ0) is 14.6. The summed E-state index contributed by atoms with van der Waals surface area (Å²) in [7, 11) is 1.40. The van der Waals surface area contributed by atoms with Gasteiger partial charge in [0.25, 0.3) is 0 Å². The van der Waals surface area contributed by atoms with Crippen molar-refractivity contribution in [1.29, 1.82) is 0 Å². The molecule has 0 amide bonds. The fourth-order valence-corrected chi connectivity index (χ4v) is 1.82. The lowest BCUT2D eigenvalue weighted by Gasteiger charge is -2.30. The van der Waals surface area contributed by atoms with Gasteiger partial charge in [-0.15, -0.1) is 0 Å². The van der Waals surface area contributed by atoms with E-state index >= 15 is 0 Å². The summed E-state index contributed by atoms with van der Waals surface area (Å²) in [6, 6.07) is 6.21. The first-order chi connectivity index (χ1) is 9.56. The van der Waals surface area contributed by atoms with Crippen LogP contribution in [-0.2, 0) is 20.9 Å². The van der Waals surface area contributed by atoms with Gasteiger partial charge < -0.3 is 14.6 Å². The van der Waals surface area contributed by atoms with Gasteiger partial charge >= 0.3 is 5.97 Å². The molecule has 1 aromatic rings. The predicted octanol–water partition coefficient (Wildman–Crippen LogP) is 2.13. The molecule has 1 aliphatic heterocycles. The summed E-state index contributed by atoms with van der Waals surface area (Å²) in [4.78, 5) is 14.7. The van der Waals surface area contributed by atoms with E-state index in [1.165, 1.54) is 25.5 Å². The summed E-state index contributed by atoms with van der Waals surface area (Å²) in [6.07, 6.45) is 2.79. The van der Waals surface area contributed by atoms with Crippen LogP contribution in [-0.4, -0.2) is 29.7 Å². The third-order valence-electron chi connectivity index (χ3n) is 2.99. The second kappa shape index (κ2) is 5.94. The number of aliphatic carboxylic acids is 1. The third-order valence-corrected chi connectivity index (χ3v) is 2.99. The molecule has 0 radical (unpaired) electrons. The second-order valence-electron chi connectivity index (χ2n) is 4.27. The van der Waals surface area contributed by atoms with E-state index in [9.17, 15) is 9.18 Å². The van der Waals surface area contributed by atoms with Crippen molar-refractivity contribution in [2.24, 2.45) is 4.99 Å². The molecule has 20 heavy (non-hydrogen) atoms. The number of carboxylic acids is 1. The molecule has 0 aliphatic carbocycles. The Kier molecular flexibility index (Phi) is 4.26. The van der Waals surface area contributed by atoms with Gasteiger partial charge in [0.15, 0.2) is 5.79 Å². The van der Waals surface area contributed by atoms with Gasteiger partial charge in [-0.05, 0) is 12.1 Å². The summed E-state index contributed by atoms with van der Waals surface area (Å²) in [6.45, 7) is -0.0300. The Morgan fingerprint density at radius 3 is 2.90 bits per heavy atom. The van der Waals surface area contributed by atoms with Crippen LogP contribution in [0.1, 0.15) is 12.0 Å². The molecule has 0 saturated heterocycles. The Labute approximate surface area is 115 Å². The number of carboxylic acid groups (broad SMARTS) is 1. The van der Waals surface area contributed by atoms with Crippen molar-refractivity contribution in [2.75, 3.05) is 7.11 Å². The number of ether oxygens (including phenoxy) is 2. The average molecular weight is 279 g/mol. The highest BCUT2D eigenvalue weighted by Gasteiger charge is 2.34. The molecule has 1 atom stereocenters. The molecule has 1 unspecified atom stereocenters. The summed E-state index contributed by atoms with van der Waals surface area (Å²) in [5, 5.41) is 8.96. The van der Waals surface area contributed by atoms with E-state index in [0.29, 0.717) is 5.56 Å². The average Bonchev–Trinajstić information content (AvgIpc) is 2.46. The number of hydrogen-bond acceptors (Lipinski definition) is 4. The van der Waals surface area contributed by atoms with Crippen molar-refractivity contribution >= 4 is 11.7 Å². The maximum atomic E-state index is 13.5. The van der Waals surface area contributed by atoms with Crippen LogP contribution in [0.15, 0.2) is 41.5 Å². The maximum absolute atomic E-state index is 13.5. The zero-order valence-corrected chi connectivity index (χ0v) is 10.9. The Morgan fingerprint density at radius 1 is 1.50 bits per heavy atom. The summed E-state index contributed by atoms with van der Waals surface area (Å²) in [5.41, 5.74) is 0.305. The molecule has 106 valence electrons. The summed E-state index contributed by atoms with van der Waals surface area (Å²) < 4.78 is 24.3. The molecule has 2 rings (SSSR count). The van der Waals surface area contributed by atoms with E-state index in [1.54, 1.807) is 18.2 Å². The first-order valence-corrected chi connectivity index (χ1v) is 5.96. The number of methoxy groups -OCH3 is 1. The maximum Gasteiger partial charge on any atom is 0.350 e. The van der Waals surface area contributed by atoms with E-state index in [-0.39, 0.29) is 24.6 Å². The molecule has 6 heteroatoms. The van der Waals surface area contributed by atoms with Gasteiger partial charge in [-0.25, -0.2) is 9.18 Å². The van der Waals surface area contributed by atoms with Crippen LogP contribution in [0.4, 0.5) is 4.39 Å². The molecule has 1 aliphatic rings. The van der Waals surface area contributed by atoms with Gasteiger partial charge in [0.05, 0.1) is 13.0 Å². The van der Waals surface area contributed by atoms with Crippen LogP contribution >= 0.6 is 0 Å². The lowest BCUT2D eigenvalue weighted by molar-refractivity contribution is -0.192. The summed E-state index contributed by atoms with van der Waals surface area (Å²) in [5.74, 6) is -2.76. The highest BCUT2D eigenvalue weighted by Crippen LogP contribution is 2.25. The van der Waals surface area contributed by atoms with Crippen molar-refractivity contribution in [2.45, 2.75) is 18.8 Å².